The molecule has 1 aliphatic rings. The number of aryl methyl sites for hydroxylation is 2. The van der Waals surface area contributed by atoms with Crippen LogP contribution in [-0.4, -0.2) is 16.3 Å². The van der Waals surface area contributed by atoms with Crippen LogP contribution in [0.1, 0.15) is 40.3 Å². The Balaban J connectivity index is 1.98. The summed E-state index contributed by atoms with van der Waals surface area (Å²) in [6.45, 7) is 1.88. The number of aldehydes is 1. The third kappa shape index (κ3) is 2.97. The molecule has 3 rings (SSSR count). The van der Waals surface area contributed by atoms with Gasteiger partial charge in [0, 0.05) is 15.6 Å². The van der Waals surface area contributed by atoms with E-state index < -0.39 is 0 Å². The second kappa shape index (κ2) is 5.93. The van der Waals surface area contributed by atoms with E-state index in [1.807, 2.05) is 13.0 Å². The van der Waals surface area contributed by atoms with E-state index in [1.54, 1.807) is 12.1 Å². The Kier molecular flexibility index (Phi) is 4.01. The van der Waals surface area contributed by atoms with E-state index in [0.29, 0.717) is 17.2 Å². The predicted molar refractivity (Wildman–Crippen MR) is 83.0 cm³/mol. The lowest BCUT2D eigenvalue weighted by molar-refractivity contribution is 0.112. The SMILES string of the molecule is Cc1nc2c(c(Oc3ccc(Br)c(C=O)c3)n1)CCCC2. The fraction of sp³-hybridized carbons (Fsp3) is 0.312. The van der Waals surface area contributed by atoms with Crippen molar-refractivity contribution in [2.45, 2.75) is 32.6 Å². The quantitative estimate of drug-likeness (QED) is 0.787. The number of fused-ring (bicyclic) bond motifs is 1. The highest BCUT2D eigenvalue weighted by Gasteiger charge is 2.18. The molecule has 0 N–H and O–H groups in total. The van der Waals surface area contributed by atoms with Crippen LogP contribution in [0, 0.1) is 6.92 Å². The van der Waals surface area contributed by atoms with Gasteiger partial charge in [0.15, 0.2) is 6.29 Å². The number of nitrogens with zero attached hydrogens (tertiary/aromatic N) is 2. The van der Waals surface area contributed by atoms with Gasteiger partial charge in [0.2, 0.25) is 5.88 Å². The molecule has 4 nitrogen and oxygen atoms in total. The van der Waals surface area contributed by atoms with Gasteiger partial charge >= 0.3 is 0 Å². The van der Waals surface area contributed by atoms with Crippen LogP contribution in [0.5, 0.6) is 11.6 Å². The minimum Gasteiger partial charge on any atom is -0.439 e. The zero-order valence-electron chi connectivity index (χ0n) is 11.7. The van der Waals surface area contributed by atoms with Gasteiger partial charge in [0.05, 0.1) is 5.69 Å². The summed E-state index contributed by atoms with van der Waals surface area (Å²) < 4.78 is 6.68. The average molecular weight is 347 g/mol. The smallest absolute Gasteiger partial charge is 0.225 e. The van der Waals surface area contributed by atoms with E-state index in [2.05, 4.69) is 25.9 Å². The van der Waals surface area contributed by atoms with Gasteiger partial charge in [0.25, 0.3) is 0 Å². The highest BCUT2D eigenvalue weighted by Crippen LogP contribution is 2.31. The molecule has 0 atom stereocenters. The number of hydrogen-bond acceptors (Lipinski definition) is 4. The first kappa shape index (κ1) is 14.2. The van der Waals surface area contributed by atoms with Crippen molar-refractivity contribution >= 4 is 22.2 Å². The van der Waals surface area contributed by atoms with Gasteiger partial charge in [-0.15, -0.1) is 0 Å². The van der Waals surface area contributed by atoms with Crippen molar-refractivity contribution in [2.75, 3.05) is 0 Å². The van der Waals surface area contributed by atoms with Crippen molar-refractivity contribution in [1.82, 2.24) is 9.97 Å². The first-order valence-electron chi connectivity index (χ1n) is 6.96. The minimum absolute atomic E-state index is 0.562. The Morgan fingerprint density at radius 1 is 1.24 bits per heavy atom. The van der Waals surface area contributed by atoms with Gasteiger partial charge in [-0.2, -0.15) is 4.98 Å². The largest absolute Gasteiger partial charge is 0.439 e. The summed E-state index contributed by atoms with van der Waals surface area (Å²) in [7, 11) is 0. The molecule has 0 unspecified atom stereocenters. The van der Waals surface area contributed by atoms with Crippen LogP contribution in [-0.2, 0) is 12.8 Å². The molecule has 2 aromatic rings. The molecule has 5 heteroatoms. The number of hydrogen-bond donors (Lipinski definition) is 0. The molecule has 1 aromatic heterocycles. The summed E-state index contributed by atoms with van der Waals surface area (Å²) in [5, 5.41) is 0. The monoisotopic (exact) mass is 346 g/mol. The van der Waals surface area contributed by atoms with Gasteiger partial charge in [0.1, 0.15) is 11.6 Å². The molecule has 0 spiro atoms. The van der Waals surface area contributed by atoms with Crippen LogP contribution < -0.4 is 4.74 Å². The summed E-state index contributed by atoms with van der Waals surface area (Å²) in [5.74, 6) is 1.96. The fourth-order valence-electron chi connectivity index (χ4n) is 2.55. The third-order valence-electron chi connectivity index (χ3n) is 3.57. The predicted octanol–water partition coefficient (Wildman–Crippen LogP) is 4.03. The van der Waals surface area contributed by atoms with Gasteiger partial charge in [-0.1, -0.05) is 15.9 Å². The summed E-state index contributed by atoms with van der Waals surface area (Å²) in [6.07, 6.45) is 5.03. The summed E-state index contributed by atoms with van der Waals surface area (Å²) in [4.78, 5) is 19.9. The molecule has 1 aliphatic carbocycles. The molecule has 0 aliphatic heterocycles. The lowest BCUT2D eigenvalue weighted by atomic mass is 9.97. The molecule has 0 saturated heterocycles. The van der Waals surface area contributed by atoms with Crippen LogP contribution in [0.4, 0.5) is 0 Å². The molecule has 0 saturated carbocycles. The molecule has 1 heterocycles. The Morgan fingerprint density at radius 3 is 2.86 bits per heavy atom. The third-order valence-corrected chi connectivity index (χ3v) is 4.29. The standard InChI is InChI=1S/C16H15BrN2O2/c1-10-18-15-5-3-2-4-13(15)16(19-10)21-12-6-7-14(17)11(8-12)9-20/h6-9H,2-5H2,1H3. The van der Waals surface area contributed by atoms with E-state index >= 15 is 0 Å². The van der Waals surface area contributed by atoms with Gasteiger partial charge < -0.3 is 4.74 Å². The van der Waals surface area contributed by atoms with Crippen molar-refractivity contribution in [3.63, 3.8) is 0 Å². The van der Waals surface area contributed by atoms with E-state index in [1.165, 1.54) is 0 Å². The van der Waals surface area contributed by atoms with Crippen LogP contribution in [0.3, 0.4) is 0 Å². The summed E-state index contributed by atoms with van der Waals surface area (Å²) in [5.41, 5.74) is 2.76. The highest BCUT2D eigenvalue weighted by atomic mass is 79.9. The van der Waals surface area contributed by atoms with Crippen molar-refractivity contribution in [1.29, 1.82) is 0 Å². The number of aromatic nitrogens is 2. The summed E-state index contributed by atoms with van der Waals surface area (Å²) in [6, 6.07) is 5.34. The first-order chi connectivity index (χ1) is 10.2. The first-order valence-corrected chi connectivity index (χ1v) is 7.75. The van der Waals surface area contributed by atoms with Crippen LogP contribution in [0.15, 0.2) is 22.7 Å². The molecule has 108 valence electrons. The molecule has 0 amide bonds. The highest BCUT2D eigenvalue weighted by molar-refractivity contribution is 9.10. The van der Waals surface area contributed by atoms with Crippen LogP contribution in [0.25, 0.3) is 0 Å². The zero-order valence-corrected chi connectivity index (χ0v) is 13.3. The molecule has 21 heavy (non-hydrogen) atoms. The van der Waals surface area contributed by atoms with Crippen molar-refractivity contribution < 1.29 is 9.53 Å². The van der Waals surface area contributed by atoms with Crippen LogP contribution in [0.2, 0.25) is 0 Å². The molecule has 0 fully saturated rings. The number of benzene rings is 1. The average Bonchev–Trinajstić information content (AvgIpc) is 2.49. The van der Waals surface area contributed by atoms with Crippen molar-refractivity contribution in [3.05, 3.63) is 45.3 Å². The maximum Gasteiger partial charge on any atom is 0.225 e. The van der Waals surface area contributed by atoms with Gasteiger partial charge in [-0.25, -0.2) is 4.98 Å². The number of rotatable bonds is 3. The maximum atomic E-state index is 11.0. The molecular weight excluding hydrogens is 332 g/mol. The maximum absolute atomic E-state index is 11.0. The van der Waals surface area contributed by atoms with E-state index in [-0.39, 0.29) is 0 Å². The lowest BCUT2D eigenvalue weighted by Crippen LogP contribution is -2.10. The number of carbonyl (C=O) groups is 1. The van der Waals surface area contributed by atoms with E-state index in [4.69, 9.17) is 4.74 Å². The summed E-state index contributed by atoms with van der Waals surface area (Å²) >= 11 is 3.34. The lowest BCUT2D eigenvalue weighted by Gasteiger charge is -2.18. The number of carbonyl (C=O) groups excluding carboxylic acids is 1. The molecule has 0 radical (unpaired) electrons. The van der Waals surface area contributed by atoms with E-state index in [0.717, 1.165) is 53.5 Å². The van der Waals surface area contributed by atoms with Crippen molar-refractivity contribution in [2.24, 2.45) is 0 Å². The van der Waals surface area contributed by atoms with Gasteiger partial charge in [-0.3, -0.25) is 4.79 Å². The Bertz CT molecular complexity index is 701. The Morgan fingerprint density at radius 2 is 2.05 bits per heavy atom. The Hall–Kier alpha value is -1.75. The Labute approximate surface area is 131 Å². The second-order valence-corrected chi connectivity index (χ2v) is 5.97. The topological polar surface area (TPSA) is 52.1 Å². The second-order valence-electron chi connectivity index (χ2n) is 5.11. The zero-order chi connectivity index (χ0) is 14.8. The number of halogens is 1. The molecule has 0 bridgehead atoms. The number of ether oxygens (including phenoxy) is 1. The minimum atomic E-state index is 0.562. The molecular formula is C16H15BrN2O2. The van der Waals surface area contributed by atoms with Crippen molar-refractivity contribution in [3.8, 4) is 11.6 Å². The van der Waals surface area contributed by atoms with E-state index in [9.17, 15) is 4.79 Å². The normalized spacial score (nSPS) is 13.6. The molecule has 1 aromatic carbocycles. The van der Waals surface area contributed by atoms with Gasteiger partial charge in [-0.05, 0) is 50.8 Å². The van der Waals surface area contributed by atoms with Crippen LogP contribution >= 0.6 is 15.9 Å². The fourth-order valence-corrected chi connectivity index (χ4v) is 2.89.